The van der Waals surface area contributed by atoms with E-state index < -0.39 is 22.8 Å². The second-order valence-corrected chi connectivity index (χ2v) is 19.6. The first kappa shape index (κ1) is 48.0. The molecule has 0 bridgehead atoms. The summed E-state index contributed by atoms with van der Waals surface area (Å²) in [6.45, 7) is 14.9. The standard InChI is InChI=1S/C32H62O6P.C7H8O3S/c1-7-13-19-29(33)36-26-32(12-6,27-37-30(34)20-14-8-2)28-38-31(35)21-18-25-39(22-15-9-3,23-16-10-4)24-17-11-5;1-6-2-4-7(5-3-6)11(8,9)10/h7-28H2,1-6H3;2-5H,1H3,(H,8,9,10)/q+1;/p-1. The number of benzene rings is 1. The summed E-state index contributed by atoms with van der Waals surface area (Å²) in [7, 11) is -5.31. The fourth-order valence-electron chi connectivity index (χ4n) is 5.41. The van der Waals surface area contributed by atoms with Gasteiger partial charge in [-0.25, -0.2) is 8.42 Å². The highest BCUT2D eigenvalue weighted by Gasteiger charge is 2.36. The lowest BCUT2D eigenvalue weighted by Crippen LogP contribution is -2.39. The third kappa shape index (κ3) is 22.0. The fourth-order valence-corrected chi connectivity index (χ4v) is 11.0. The smallest absolute Gasteiger partial charge is 0.305 e. The van der Waals surface area contributed by atoms with E-state index in [2.05, 4.69) is 20.8 Å². The maximum atomic E-state index is 12.9. The van der Waals surface area contributed by atoms with E-state index in [9.17, 15) is 27.4 Å². The van der Waals surface area contributed by atoms with Crippen molar-refractivity contribution in [1.82, 2.24) is 0 Å². The normalized spacial score (nSPS) is 11.8. The molecule has 0 heterocycles. The van der Waals surface area contributed by atoms with Gasteiger partial charge in [0.05, 0.1) is 35.0 Å². The Kier molecular flexibility index (Phi) is 26.5. The zero-order chi connectivity index (χ0) is 37.9. The van der Waals surface area contributed by atoms with Gasteiger partial charge in [-0.2, -0.15) is 0 Å². The largest absolute Gasteiger partial charge is 0.744 e. The van der Waals surface area contributed by atoms with Gasteiger partial charge >= 0.3 is 17.9 Å². The minimum absolute atomic E-state index is 0.0834. The van der Waals surface area contributed by atoms with Crippen LogP contribution in [0.4, 0.5) is 0 Å². The van der Waals surface area contributed by atoms with Crippen LogP contribution in [0.25, 0.3) is 0 Å². The first-order chi connectivity index (χ1) is 23.8. The molecule has 1 aromatic carbocycles. The van der Waals surface area contributed by atoms with Gasteiger partial charge < -0.3 is 18.8 Å². The lowest BCUT2D eigenvalue weighted by Gasteiger charge is -2.31. The molecule has 50 heavy (non-hydrogen) atoms. The van der Waals surface area contributed by atoms with Crippen molar-refractivity contribution < 1.29 is 41.6 Å². The zero-order valence-electron chi connectivity index (χ0n) is 32.4. The number of carbonyl (C=O) groups excluding carboxylic acids is 3. The Hall–Kier alpha value is -2.03. The number of unbranched alkanes of at least 4 members (excludes halogenated alkanes) is 5. The van der Waals surface area contributed by atoms with Crippen molar-refractivity contribution in [3.05, 3.63) is 29.8 Å². The van der Waals surface area contributed by atoms with Gasteiger partial charge in [0.1, 0.15) is 29.9 Å². The van der Waals surface area contributed by atoms with Crippen molar-refractivity contribution in [1.29, 1.82) is 0 Å². The average molecular weight is 745 g/mol. The van der Waals surface area contributed by atoms with E-state index in [1.807, 2.05) is 27.7 Å². The van der Waals surface area contributed by atoms with Gasteiger partial charge in [0.15, 0.2) is 0 Å². The lowest BCUT2D eigenvalue weighted by atomic mass is 9.88. The molecule has 0 saturated carbocycles. The van der Waals surface area contributed by atoms with Gasteiger partial charge in [0.25, 0.3) is 0 Å². The second-order valence-electron chi connectivity index (χ2n) is 13.7. The Bertz CT molecular complexity index is 1120. The minimum Gasteiger partial charge on any atom is -0.744 e. The Morgan fingerprint density at radius 3 is 1.26 bits per heavy atom. The van der Waals surface area contributed by atoms with Gasteiger partial charge in [0.2, 0.25) is 0 Å². The maximum absolute atomic E-state index is 12.9. The molecule has 0 spiro atoms. The fraction of sp³-hybridized carbons (Fsp3) is 0.769. The highest BCUT2D eigenvalue weighted by atomic mass is 32.2. The SMILES string of the molecule is CCCCC(=O)OCC(CC)(COC(=O)CCCC)COC(=O)CCC[P+](CCCC)(CCCC)CCCC.Cc1ccc(S(=O)(=O)[O-])cc1. The van der Waals surface area contributed by atoms with Crippen LogP contribution in [-0.2, 0) is 38.7 Å². The summed E-state index contributed by atoms with van der Waals surface area (Å²) in [6.07, 6.45) is 18.8. The van der Waals surface area contributed by atoms with Gasteiger partial charge in [-0.05, 0) is 64.0 Å². The van der Waals surface area contributed by atoms with Crippen molar-refractivity contribution in [3.8, 4) is 0 Å². The third-order valence-corrected chi connectivity index (χ3v) is 15.0. The summed E-state index contributed by atoms with van der Waals surface area (Å²) < 4.78 is 48.1. The van der Waals surface area contributed by atoms with E-state index in [-0.39, 0.29) is 42.6 Å². The lowest BCUT2D eigenvalue weighted by molar-refractivity contribution is -0.162. The first-order valence-electron chi connectivity index (χ1n) is 19.1. The summed E-state index contributed by atoms with van der Waals surface area (Å²) in [6, 6.07) is 5.78. The van der Waals surface area contributed by atoms with Gasteiger partial charge in [-0.3, -0.25) is 14.4 Å². The van der Waals surface area contributed by atoms with E-state index in [4.69, 9.17) is 14.2 Å². The van der Waals surface area contributed by atoms with Gasteiger partial charge in [-0.1, -0.05) is 91.3 Å². The molecule has 0 aliphatic heterocycles. The predicted molar refractivity (Wildman–Crippen MR) is 204 cm³/mol. The van der Waals surface area contributed by atoms with Crippen LogP contribution < -0.4 is 0 Å². The molecule has 0 unspecified atom stereocenters. The van der Waals surface area contributed by atoms with Crippen LogP contribution in [0.1, 0.15) is 143 Å². The molecular weight excluding hydrogens is 675 g/mol. The van der Waals surface area contributed by atoms with Crippen LogP contribution in [0.15, 0.2) is 29.2 Å². The first-order valence-corrected chi connectivity index (χ1v) is 23.0. The van der Waals surface area contributed by atoms with Crippen LogP contribution in [0.2, 0.25) is 0 Å². The molecule has 1 rings (SSSR count). The minimum atomic E-state index is -4.27. The second kappa shape index (κ2) is 27.6. The highest BCUT2D eigenvalue weighted by molar-refractivity contribution is 7.85. The predicted octanol–water partition coefficient (Wildman–Crippen LogP) is 9.49. The van der Waals surface area contributed by atoms with Crippen molar-refractivity contribution in [2.24, 2.45) is 5.41 Å². The molecule has 1 aromatic rings. The zero-order valence-corrected chi connectivity index (χ0v) is 34.1. The molecule has 11 heteroatoms. The average Bonchev–Trinajstić information content (AvgIpc) is 3.10. The van der Waals surface area contributed by atoms with E-state index in [0.29, 0.717) is 25.7 Å². The topological polar surface area (TPSA) is 136 Å². The summed E-state index contributed by atoms with van der Waals surface area (Å²) >= 11 is 0. The van der Waals surface area contributed by atoms with E-state index in [1.165, 1.54) is 75.3 Å². The van der Waals surface area contributed by atoms with Gasteiger partial charge in [-0.15, -0.1) is 0 Å². The summed E-state index contributed by atoms with van der Waals surface area (Å²) in [5.74, 6) is -0.725. The van der Waals surface area contributed by atoms with E-state index in [1.54, 1.807) is 12.1 Å². The maximum Gasteiger partial charge on any atom is 0.305 e. The Morgan fingerprint density at radius 1 is 0.600 bits per heavy atom. The van der Waals surface area contributed by atoms with Crippen molar-refractivity contribution in [3.63, 3.8) is 0 Å². The number of esters is 3. The van der Waals surface area contributed by atoms with Crippen LogP contribution in [0, 0.1) is 12.3 Å². The van der Waals surface area contributed by atoms with Crippen LogP contribution in [0.3, 0.4) is 0 Å². The molecule has 0 radical (unpaired) electrons. The quantitative estimate of drug-likeness (QED) is 0.0373. The molecule has 290 valence electrons. The summed E-state index contributed by atoms with van der Waals surface area (Å²) in [5, 5.41) is 0. The van der Waals surface area contributed by atoms with Crippen molar-refractivity contribution in [2.45, 2.75) is 150 Å². The molecule has 0 aliphatic rings. The Balaban J connectivity index is 0.00000183. The molecule has 0 fully saturated rings. The number of hydrogen-bond donors (Lipinski definition) is 0. The number of hydrogen-bond acceptors (Lipinski definition) is 9. The van der Waals surface area contributed by atoms with E-state index in [0.717, 1.165) is 37.7 Å². The number of ether oxygens (including phenoxy) is 3. The van der Waals surface area contributed by atoms with Crippen LogP contribution >= 0.6 is 7.26 Å². The number of carbonyl (C=O) groups is 3. The molecule has 0 aromatic heterocycles. The molecule has 0 atom stereocenters. The number of aryl methyl sites for hydroxylation is 1. The molecule has 9 nitrogen and oxygen atoms in total. The van der Waals surface area contributed by atoms with Crippen LogP contribution in [0.5, 0.6) is 0 Å². The Labute approximate surface area is 305 Å². The third-order valence-electron chi connectivity index (χ3n) is 9.12. The molecule has 0 amide bonds. The number of rotatable bonds is 27. The summed E-state index contributed by atoms with van der Waals surface area (Å²) in [4.78, 5) is 37.1. The summed E-state index contributed by atoms with van der Waals surface area (Å²) in [5.41, 5.74) is 0.205. The molecular formula is C39H69O9PS. The monoisotopic (exact) mass is 744 g/mol. The van der Waals surface area contributed by atoms with Crippen molar-refractivity contribution in [2.75, 3.05) is 44.5 Å². The van der Waals surface area contributed by atoms with Gasteiger partial charge in [0, 0.05) is 26.5 Å². The molecule has 0 N–H and O–H groups in total. The van der Waals surface area contributed by atoms with Crippen molar-refractivity contribution >= 4 is 35.3 Å². The van der Waals surface area contributed by atoms with E-state index >= 15 is 0 Å². The molecule has 0 aliphatic carbocycles. The molecule has 0 saturated heterocycles. The highest BCUT2D eigenvalue weighted by Crippen LogP contribution is 2.61. The van der Waals surface area contributed by atoms with Crippen LogP contribution in [-0.4, -0.2) is 75.3 Å². The Morgan fingerprint density at radius 2 is 0.940 bits per heavy atom.